The summed E-state index contributed by atoms with van der Waals surface area (Å²) in [6.45, 7) is 11.1. The second kappa shape index (κ2) is 8.46. The first-order valence-corrected chi connectivity index (χ1v) is 10.1. The molecule has 0 aromatic carbocycles. The summed E-state index contributed by atoms with van der Waals surface area (Å²) in [7, 11) is -2.87. The number of nitrogens with zero attached hydrogens (tertiary/aromatic N) is 1. The quantitative estimate of drug-likeness (QED) is 0.694. The van der Waals surface area contributed by atoms with E-state index in [-0.39, 0.29) is 11.3 Å². The number of rotatable bonds is 9. The summed E-state index contributed by atoms with van der Waals surface area (Å²) in [5, 5.41) is 3.62. The molecule has 126 valence electrons. The lowest BCUT2D eigenvalue weighted by molar-refractivity contribution is -0.0243. The highest BCUT2D eigenvalue weighted by molar-refractivity contribution is 7.90. The second-order valence-electron chi connectivity index (χ2n) is 6.53. The zero-order valence-electron chi connectivity index (χ0n) is 14.0. The number of sulfone groups is 1. The van der Waals surface area contributed by atoms with Crippen molar-refractivity contribution in [2.45, 2.75) is 51.6 Å². The predicted molar refractivity (Wildman–Crippen MR) is 87.5 cm³/mol. The van der Waals surface area contributed by atoms with Crippen LogP contribution < -0.4 is 5.32 Å². The molecular weight excluding hydrogens is 288 g/mol. The van der Waals surface area contributed by atoms with Crippen molar-refractivity contribution in [1.29, 1.82) is 0 Å². The lowest BCUT2D eigenvalue weighted by Gasteiger charge is -2.46. The van der Waals surface area contributed by atoms with E-state index in [4.69, 9.17) is 4.74 Å². The number of ether oxygens (including phenoxy) is 1. The SMILES string of the molecule is CCCNC(CCCS(C)(=O)=O)C(C)(C)N1CCOCC1. The van der Waals surface area contributed by atoms with Gasteiger partial charge in [-0.15, -0.1) is 0 Å². The van der Waals surface area contributed by atoms with Gasteiger partial charge in [0.2, 0.25) is 0 Å². The molecule has 0 aromatic heterocycles. The van der Waals surface area contributed by atoms with Crippen molar-refractivity contribution >= 4 is 9.84 Å². The lowest BCUT2D eigenvalue weighted by atomic mass is 9.88. The van der Waals surface area contributed by atoms with Crippen molar-refractivity contribution in [2.75, 3.05) is 44.9 Å². The van der Waals surface area contributed by atoms with Crippen LogP contribution in [0.2, 0.25) is 0 Å². The van der Waals surface area contributed by atoms with Gasteiger partial charge in [-0.3, -0.25) is 4.90 Å². The van der Waals surface area contributed by atoms with Gasteiger partial charge in [-0.05, 0) is 39.7 Å². The highest BCUT2D eigenvalue weighted by Gasteiger charge is 2.35. The molecule has 1 fully saturated rings. The summed E-state index contributed by atoms with van der Waals surface area (Å²) in [6.07, 6.45) is 4.00. The zero-order chi connectivity index (χ0) is 15.9. The van der Waals surface area contributed by atoms with Gasteiger partial charge in [-0.25, -0.2) is 8.42 Å². The maximum absolute atomic E-state index is 11.3. The van der Waals surface area contributed by atoms with Crippen molar-refractivity contribution < 1.29 is 13.2 Å². The summed E-state index contributed by atoms with van der Waals surface area (Å²) < 4.78 is 28.1. The van der Waals surface area contributed by atoms with E-state index in [0.29, 0.717) is 12.5 Å². The third kappa shape index (κ3) is 6.63. The highest BCUT2D eigenvalue weighted by atomic mass is 32.2. The van der Waals surface area contributed by atoms with Crippen LogP contribution in [0.25, 0.3) is 0 Å². The van der Waals surface area contributed by atoms with Crippen molar-refractivity contribution in [1.82, 2.24) is 10.2 Å². The number of hydrogen-bond acceptors (Lipinski definition) is 5. The fourth-order valence-electron chi connectivity index (χ4n) is 2.93. The monoisotopic (exact) mass is 320 g/mol. The van der Waals surface area contributed by atoms with Crippen LogP contribution in [0.1, 0.15) is 40.0 Å². The van der Waals surface area contributed by atoms with Crippen LogP contribution in [0.5, 0.6) is 0 Å². The summed E-state index contributed by atoms with van der Waals surface area (Å²) in [5.74, 6) is 0.274. The standard InChI is InChI=1S/C15H32N2O3S/c1-5-8-16-14(7-6-13-21(4,18)19)15(2,3)17-9-11-20-12-10-17/h14,16H,5-13H2,1-4H3. The molecule has 1 aliphatic heterocycles. The fourth-order valence-corrected chi connectivity index (χ4v) is 3.62. The second-order valence-corrected chi connectivity index (χ2v) is 8.79. The van der Waals surface area contributed by atoms with Crippen LogP contribution in [-0.4, -0.2) is 69.8 Å². The lowest BCUT2D eigenvalue weighted by Crippen LogP contribution is -2.60. The molecule has 1 rings (SSSR count). The molecule has 0 aromatic rings. The van der Waals surface area contributed by atoms with E-state index < -0.39 is 9.84 Å². The van der Waals surface area contributed by atoms with E-state index >= 15 is 0 Å². The fraction of sp³-hybridized carbons (Fsp3) is 1.00. The van der Waals surface area contributed by atoms with Gasteiger partial charge in [0, 0.05) is 36.7 Å². The van der Waals surface area contributed by atoms with Gasteiger partial charge in [-0.2, -0.15) is 0 Å². The first kappa shape index (κ1) is 18.9. The Labute approximate surface area is 130 Å². The average Bonchev–Trinajstić information content (AvgIpc) is 2.42. The van der Waals surface area contributed by atoms with Crippen LogP contribution >= 0.6 is 0 Å². The van der Waals surface area contributed by atoms with E-state index in [1.54, 1.807) is 0 Å². The van der Waals surface area contributed by atoms with Crippen LogP contribution in [0.15, 0.2) is 0 Å². The molecule has 1 aliphatic rings. The Morgan fingerprint density at radius 2 is 1.90 bits per heavy atom. The van der Waals surface area contributed by atoms with E-state index in [1.807, 2.05) is 0 Å². The van der Waals surface area contributed by atoms with Gasteiger partial charge in [0.05, 0.1) is 13.2 Å². The van der Waals surface area contributed by atoms with E-state index in [9.17, 15) is 8.42 Å². The number of hydrogen-bond donors (Lipinski definition) is 1. The molecule has 1 atom stereocenters. The Balaban J connectivity index is 2.64. The normalized spacial score (nSPS) is 19.6. The molecule has 1 N–H and O–H groups in total. The molecule has 0 aliphatic carbocycles. The minimum Gasteiger partial charge on any atom is -0.379 e. The molecule has 0 spiro atoms. The van der Waals surface area contributed by atoms with Gasteiger partial charge in [-0.1, -0.05) is 6.92 Å². The Bertz CT molecular complexity index is 390. The van der Waals surface area contributed by atoms with Crippen LogP contribution in [-0.2, 0) is 14.6 Å². The zero-order valence-corrected chi connectivity index (χ0v) is 14.8. The van der Waals surface area contributed by atoms with Gasteiger partial charge < -0.3 is 10.1 Å². The maximum atomic E-state index is 11.3. The molecule has 6 heteroatoms. The third-order valence-corrected chi connectivity index (χ3v) is 5.36. The minimum atomic E-state index is -2.87. The predicted octanol–water partition coefficient (Wildman–Crippen LogP) is 1.29. The van der Waals surface area contributed by atoms with Crippen LogP contribution in [0.3, 0.4) is 0 Å². The minimum absolute atomic E-state index is 0.0104. The van der Waals surface area contributed by atoms with Gasteiger partial charge >= 0.3 is 0 Å². The summed E-state index contributed by atoms with van der Waals surface area (Å²) in [6, 6.07) is 0.303. The summed E-state index contributed by atoms with van der Waals surface area (Å²) in [5.41, 5.74) is 0.0104. The van der Waals surface area contributed by atoms with E-state index in [0.717, 1.165) is 45.7 Å². The molecule has 1 heterocycles. The summed E-state index contributed by atoms with van der Waals surface area (Å²) in [4.78, 5) is 2.46. The van der Waals surface area contributed by atoms with Crippen molar-refractivity contribution in [2.24, 2.45) is 0 Å². The summed E-state index contributed by atoms with van der Waals surface area (Å²) >= 11 is 0. The van der Waals surface area contributed by atoms with Gasteiger partial charge in [0.1, 0.15) is 9.84 Å². The smallest absolute Gasteiger partial charge is 0.147 e. The largest absolute Gasteiger partial charge is 0.379 e. The first-order chi connectivity index (χ1) is 9.77. The molecular formula is C15H32N2O3S. The molecule has 1 saturated heterocycles. The Kier molecular flexibility index (Phi) is 7.60. The Morgan fingerprint density at radius 3 is 2.43 bits per heavy atom. The Hall–Kier alpha value is -0.170. The van der Waals surface area contributed by atoms with Crippen LogP contribution in [0.4, 0.5) is 0 Å². The highest BCUT2D eigenvalue weighted by Crippen LogP contribution is 2.24. The van der Waals surface area contributed by atoms with E-state index in [2.05, 4.69) is 31.0 Å². The van der Waals surface area contributed by atoms with Gasteiger partial charge in [0.15, 0.2) is 0 Å². The van der Waals surface area contributed by atoms with Crippen molar-refractivity contribution in [3.63, 3.8) is 0 Å². The molecule has 0 saturated carbocycles. The number of nitrogens with one attached hydrogen (secondary N) is 1. The third-order valence-electron chi connectivity index (χ3n) is 4.33. The molecule has 0 amide bonds. The van der Waals surface area contributed by atoms with E-state index in [1.165, 1.54) is 6.26 Å². The Morgan fingerprint density at radius 1 is 1.29 bits per heavy atom. The average molecular weight is 320 g/mol. The topological polar surface area (TPSA) is 58.6 Å². The molecule has 0 bridgehead atoms. The molecule has 21 heavy (non-hydrogen) atoms. The molecule has 5 nitrogen and oxygen atoms in total. The van der Waals surface area contributed by atoms with Crippen molar-refractivity contribution in [3.8, 4) is 0 Å². The van der Waals surface area contributed by atoms with Gasteiger partial charge in [0.25, 0.3) is 0 Å². The number of morpholine rings is 1. The molecule has 0 radical (unpaired) electrons. The molecule has 1 unspecified atom stereocenters. The van der Waals surface area contributed by atoms with Crippen LogP contribution in [0, 0.1) is 0 Å². The maximum Gasteiger partial charge on any atom is 0.147 e. The first-order valence-electron chi connectivity index (χ1n) is 8.01. The van der Waals surface area contributed by atoms with Crippen molar-refractivity contribution in [3.05, 3.63) is 0 Å².